The minimum absolute atomic E-state index is 0.183. The maximum Gasteiger partial charge on any atom is 0.297 e. The first-order valence-corrected chi connectivity index (χ1v) is 7.86. The number of rotatable bonds is 5. The van der Waals surface area contributed by atoms with Gasteiger partial charge in [-0.1, -0.05) is 24.6 Å². The molecule has 0 saturated carbocycles. The molecule has 106 valence electrons. The molecule has 0 N–H and O–H groups in total. The zero-order chi connectivity index (χ0) is 14.6. The molecule has 0 bridgehead atoms. The van der Waals surface area contributed by atoms with Crippen molar-refractivity contribution >= 4 is 10.1 Å². The van der Waals surface area contributed by atoms with Crippen LogP contribution in [0.15, 0.2) is 47.6 Å². The van der Waals surface area contributed by atoms with Gasteiger partial charge in [-0.15, -0.1) is 0 Å². The SMILES string of the molecule is CCCOS(=O)(=O)c1ccc(C)cc1-c1cccnc1. The van der Waals surface area contributed by atoms with Gasteiger partial charge in [-0.3, -0.25) is 9.17 Å². The third-order valence-corrected chi connectivity index (χ3v) is 4.19. The Balaban J connectivity index is 2.55. The third kappa shape index (κ3) is 3.23. The molecule has 1 heterocycles. The van der Waals surface area contributed by atoms with Crippen molar-refractivity contribution in [1.82, 2.24) is 4.98 Å². The molecule has 20 heavy (non-hydrogen) atoms. The van der Waals surface area contributed by atoms with Crippen molar-refractivity contribution in [2.45, 2.75) is 25.2 Å². The Morgan fingerprint density at radius 2 is 2.05 bits per heavy atom. The fraction of sp³-hybridized carbons (Fsp3) is 0.267. The summed E-state index contributed by atoms with van der Waals surface area (Å²) in [5.74, 6) is 0. The first-order valence-electron chi connectivity index (χ1n) is 6.45. The second kappa shape index (κ2) is 6.15. The van der Waals surface area contributed by atoms with E-state index < -0.39 is 10.1 Å². The normalized spacial score (nSPS) is 11.5. The highest BCUT2D eigenvalue weighted by Gasteiger charge is 2.20. The van der Waals surface area contributed by atoms with Gasteiger partial charge in [0.15, 0.2) is 0 Å². The van der Waals surface area contributed by atoms with Crippen LogP contribution >= 0.6 is 0 Å². The van der Waals surface area contributed by atoms with E-state index in [0.717, 1.165) is 11.1 Å². The standard InChI is InChI=1S/C15H17NO3S/c1-3-9-19-20(17,18)15-7-6-12(2)10-14(15)13-5-4-8-16-11-13/h4-8,10-11H,3,9H2,1-2H3. The summed E-state index contributed by atoms with van der Waals surface area (Å²) >= 11 is 0. The lowest BCUT2D eigenvalue weighted by Crippen LogP contribution is -2.08. The van der Waals surface area contributed by atoms with Crippen LogP contribution in [0.2, 0.25) is 0 Å². The van der Waals surface area contributed by atoms with Crippen molar-refractivity contribution in [3.05, 3.63) is 48.3 Å². The van der Waals surface area contributed by atoms with Crippen LogP contribution in [0.1, 0.15) is 18.9 Å². The van der Waals surface area contributed by atoms with Crippen LogP contribution in [0.4, 0.5) is 0 Å². The van der Waals surface area contributed by atoms with Gasteiger partial charge < -0.3 is 0 Å². The Bertz CT molecular complexity index is 682. The molecule has 1 aromatic heterocycles. The zero-order valence-electron chi connectivity index (χ0n) is 11.5. The minimum Gasteiger partial charge on any atom is -0.266 e. The predicted octanol–water partition coefficient (Wildman–Crippen LogP) is 3.17. The van der Waals surface area contributed by atoms with Crippen LogP contribution in [0.5, 0.6) is 0 Å². The highest BCUT2D eigenvalue weighted by Crippen LogP contribution is 2.29. The van der Waals surface area contributed by atoms with E-state index in [2.05, 4.69) is 4.98 Å². The fourth-order valence-corrected chi connectivity index (χ4v) is 3.06. The smallest absolute Gasteiger partial charge is 0.266 e. The van der Waals surface area contributed by atoms with Gasteiger partial charge in [-0.2, -0.15) is 8.42 Å². The first-order chi connectivity index (χ1) is 9.54. The lowest BCUT2D eigenvalue weighted by molar-refractivity contribution is 0.318. The molecule has 0 atom stereocenters. The van der Waals surface area contributed by atoms with Gasteiger partial charge in [-0.05, 0) is 31.5 Å². The molecule has 0 amide bonds. The number of benzene rings is 1. The summed E-state index contributed by atoms with van der Waals surface area (Å²) in [5.41, 5.74) is 2.36. The monoisotopic (exact) mass is 291 g/mol. The molecule has 0 spiro atoms. The molecule has 0 fully saturated rings. The van der Waals surface area contributed by atoms with E-state index in [9.17, 15) is 8.42 Å². The van der Waals surface area contributed by atoms with Crippen molar-refractivity contribution in [3.8, 4) is 11.1 Å². The highest BCUT2D eigenvalue weighted by atomic mass is 32.2. The van der Waals surface area contributed by atoms with Crippen LogP contribution < -0.4 is 0 Å². The van der Waals surface area contributed by atoms with Crippen LogP contribution in [-0.4, -0.2) is 20.0 Å². The predicted molar refractivity (Wildman–Crippen MR) is 77.8 cm³/mol. The summed E-state index contributed by atoms with van der Waals surface area (Å²) in [7, 11) is -3.75. The molecule has 0 saturated heterocycles. The second-order valence-electron chi connectivity index (χ2n) is 4.52. The number of nitrogens with zero attached hydrogens (tertiary/aromatic N) is 1. The molecular formula is C15H17NO3S. The molecule has 0 unspecified atom stereocenters. The summed E-state index contributed by atoms with van der Waals surface area (Å²) in [6, 6.07) is 8.80. The van der Waals surface area contributed by atoms with E-state index in [1.165, 1.54) is 0 Å². The van der Waals surface area contributed by atoms with Gasteiger partial charge in [0.1, 0.15) is 4.90 Å². The third-order valence-electron chi connectivity index (χ3n) is 2.82. The van der Waals surface area contributed by atoms with Crippen molar-refractivity contribution in [1.29, 1.82) is 0 Å². The number of hydrogen-bond acceptors (Lipinski definition) is 4. The van der Waals surface area contributed by atoms with Gasteiger partial charge in [0, 0.05) is 23.5 Å². The van der Waals surface area contributed by atoms with Gasteiger partial charge in [0.05, 0.1) is 6.61 Å². The minimum atomic E-state index is -3.75. The molecule has 4 nitrogen and oxygen atoms in total. The van der Waals surface area contributed by atoms with Gasteiger partial charge in [0.25, 0.3) is 10.1 Å². The van der Waals surface area contributed by atoms with E-state index in [4.69, 9.17) is 4.18 Å². The van der Waals surface area contributed by atoms with E-state index in [1.54, 1.807) is 30.6 Å². The molecule has 0 aliphatic carbocycles. The van der Waals surface area contributed by atoms with Gasteiger partial charge in [-0.25, -0.2) is 0 Å². The quantitative estimate of drug-likeness (QED) is 0.794. The molecule has 1 aromatic carbocycles. The summed E-state index contributed by atoms with van der Waals surface area (Å²) in [4.78, 5) is 4.23. The summed E-state index contributed by atoms with van der Waals surface area (Å²) in [6.45, 7) is 3.97. The van der Waals surface area contributed by atoms with E-state index in [0.29, 0.717) is 12.0 Å². The topological polar surface area (TPSA) is 56.3 Å². The second-order valence-corrected chi connectivity index (χ2v) is 6.10. The molecule has 5 heteroatoms. The molecule has 0 aliphatic heterocycles. The number of aromatic nitrogens is 1. The molecule has 2 aromatic rings. The summed E-state index contributed by atoms with van der Waals surface area (Å²) in [5, 5.41) is 0. The molecule has 0 radical (unpaired) electrons. The Morgan fingerprint density at radius 3 is 2.70 bits per heavy atom. The van der Waals surface area contributed by atoms with Crippen LogP contribution in [0, 0.1) is 6.92 Å². The number of pyridine rings is 1. The Labute approximate surface area is 119 Å². The van der Waals surface area contributed by atoms with Gasteiger partial charge >= 0.3 is 0 Å². The maximum atomic E-state index is 12.3. The lowest BCUT2D eigenvalue weighted by atomic mass is 10.1. The van der Waals surface area contributed by atoms with Crippen molar-refractivity contribution in [2.24, 2.45) is 0 Å². The zero-order valence-corrected chi connectivity index (χ0v) is 12.4. The first kappa shape index (κ1) is 14.7. The largest absolute Gasteiger partial charge is 0.297 e. The van der Waals surface area contributed by atoms with Gasteiger partial charge in [0.2, 0.25) is 0 Å². The summed E-state index contributed by atoms with van der Waals surface area (Å²) < 4.78 is 29.5. The average molecular weight is 291 g/mol. The van der Waals surface area contributed by atoms with E-state index >= 15 is 0 Å². The molecule has 0 aliphatic rings. The average Bonchev–Trinajstić information content (AvgIpc) is 2.46. The maximum absolute atomic E-state index is 12.3. The highest BCUT2D eigenvalue weighted by molar-refractivity contribution is 7.87. The van der Waals surface area contributed by atoms with Crippen molar-refractivity contribution < 1.29 is 12.6 Å². The van der Waals surface area contributed by atoms with Crippen molar-refractivity contribution in [2.75, 3.05) is 6.61 Å². The van der Waals surface area contributed by atoms with Crippen LogP contribution in [0.25, 0.3) is 11.1 Å². The Hall–Kier alpha value is -1.72. The van der Waals surface area contributed by atoms with Crippen LogP contribution in [-0.2, 0) is 14.3 Å². The number of hydrogen-bond donors (Lipinski definition) is 0. The fourth-order valence-electron chi connectivity index (χ4n) is 1.87. The van der Waals surface area contributed by atoms with E-state index in [1.807, 2.05) is 26.0 Å². The van der Waals surface area contributed by atoms with Crippen molar-refractivity contribution in [3.63, 3.8) is 0 Å². The number of aryl methyl sites for hydroxylation is 1. The molecular weight excluding hydrogens is 274 g/mol. The van der Waals surface area contributed by atoms with E-state index in [-0.39, 0.29) is 11.5 Å². The lowest BCUT2D eigenvalue weighted by Gasteiger charge is -2.11. The Morgan fingerprint density at radius 1 is 1.25 bits per heavy atom. The summed E-state index contributed by atoms with van der Waals surface area (Å²) in [6.07, 6.45) is 3.95. The van der Waals surface area contributed by atoms with Crippen LogP contribution in [0.3, 0.4) is 0 Å². The Kier molecular flexibility index (Phi) is 4.52. The molecule has 2 rings (SSSR count).